The van der Waals surface area contributed by atoms with E-state index < -0.39 is 54.5 Å². The van der Waals surface area contributed by atoms with Gasteiger partial charge < -0.3 is 19.1 Å². The van der Waals surface area contributed by atoms with E-state index in [1.807, 2.05) is 11.6 Å². The summed E-state index contributed by atoms with van der Waals surface area (Å²) in [6.07, 6.45) is 0.798. The summed E-state index contributed by atoms with van der Waals surface area (Å²) in [5, 5.41) is 0. The number of hydrogen-bond acceptors (Lipinski definition) is 12. The predicted molar refractivity (Wildman–Crippen MR) is 225 cm³/mol. The molecule has 2 N–H and O–H groups in total. The number of carbonyl (C=O) groups excluding carboxylic acids is 2. The van der Waals surface area contributed by atoms with E-state index in [0.717, 1.165) is 15.4 Å². The molecule has 0 radical (unpaired) electrons. The van der Waals surface area contributed by atoms with Gasteiger partial charge in [-0.3, -0.25) is 13.9 Å². The monoisotopic (exact) mass is 876 g/mol. The Morgan fingerprint density at radius 3 is 2.05 bits per heavy atom. The van der Waals surface area contributed by atoms with E-state index in [1.165, 1.54) is 82.0 Å². The van der Waals surface area contributed by atoms with Gasteiger partial charge in [0.05, 0.1) is 36.8 Å². The van der Waals surface area contributed by atoms with Gasteiger partial charge in [-0.2, -0.15) is 0 Å². The second-order valence-corrected chi connectivity index (χ2v) is 18.9. The second kappa shape index (κ2) is 17.6. The Bertz CT molecular complexity index is 2740. The Labute approximate surface area is 350 Å². The average Bonchev–Trinajstić information content (AvgIpc) is 3.66. The van der Waals surface area contributed by atoms with Crippen LogP contribution < -0.4 is 32.9 Å². The van der Waals surface area contributed by atoms with E-state index in [0.29, 0.717) is 34.7 Å². The van der Waals surface area contributed by atoms with Crippen LogP contribution >= 0.6 is 0 Å². The van der Waals surface area contributed by atoms with E-state index in [9.17, 15) is 34.8 Å². The lowest BCUT2D eigenvalue weighted by Gasteiger charge is -2.31. The predicted octanol–water partition coefficient (Wildman–Crippen LogP) is 4.89. The standard InChI is InChI=1S/C42H44N4O11S3/c1-6-29-14-18-33(19-15-29)58(49,50)43-40(47)27-46(60(53,54)34-20-16-31(55-3)17-21-34)37-12-8-11-36-35(37)23-24-45(36)41(30-9-7-10-32(26-30)56-4)42(48)44-59(51,52)39-22-13-28(2)25-38(39)57-5/h7-22,25-26,41H,6,23-24,27H2,1-5H3,(H,43,47)(H,44,48). The lowest BCUT2D eigenvalue weighted by atomic mass is 10.0. The maximum Gasteiger partial charge on any atom is 0.267 e. The fourth-order valence-electron chi connectivity index (χ4n) is 6.92. The van der Waals surface area contributed by atoms with E-state index in [2.05, 4.69) is 4.72 Å². The number of nitrogens with one attached hydrogen (secondary N) is 2. The molecule has 18 heteroatoms. The topological polar surface area (TPSA) is 195 Å². The molecule has 1 aliphatic rings. The van der Waals surface area contributed by atoms with Crippen LogP contribution in [-0.2, 0) is 52.5 Å². The molecule has 15 nitrogen and oxygen atoms in total. The summed E-state index contributed by atoms with van der Waals surface area (Å²) in [6, 6.07) is 25.7. The molecule has 0 bridgehead atoms. The molecule has 5 aromatic rings. The molecule has 0 fully saturated rings. The first-order valence-electron chi connectivity index (χ1n) is 18.6. The molecule has 0 aromatic heterocycles. The van der Waals surface area contributed by atoms with Crippen molar-refractivity contribution in [1.29, 1.82) is 0 Å². The summed E-state index contributed by atoms with van der Waals surface area (Å²) in [5.74, 6) is -1.26. The molecule has 0 spiro atoms. The first kappa shape index (κ1) is 43.5. The third-order valence-corrected chi connectivity index (χ3v) is 14.5. The van der Waals surface area contributed by atoms with Gasteiger partial charge in [-0.05, 0) is 109 Å². The summed E-state index contributed by atoms with van der Waals surface area (Å²) in [5.41, 5.74) is 2.76. The van der Waals surface area contributed by atoms with Gasteiger partial charge in [0, 0.05) is 17.8 Å². The van der Waals surface area contributed by atoms with E-state index in [-0.39, 0.29) is 39.1 Å². The van der Waals surface area contributed by atoms with Crippen molar-refractivity contribution >= 4 is 53.3 Å². The fraction of sp³-hybridized carbons (Fsp3) is 0.238. The highest BCUT2D eigenvalue weighted by molar-refractivity contribution is 7.93. The summed E-state index contributed by atoms with van der Waals surface area (Å²) in [7, 11) is -9.31. The first-order chi connectivity index (χ1) is 28.5. The molecule has 6 rings (SSSR count). The molecule has 1 heterocycles. The zero-order chi connectivity index (χ0) is 43.4. The molecule has 316 valence electrons. The quantitative estimate of drug-likeness (QED) is 0.137. The number of carbonyl (C=O) groups is 2. The lowest BCUT2D eigenvalue weighted by molar-refractivity contribution is -0.121. The third-order valence-electron chi connectivity index (χ3n) is 9.95. The zero-order valence-electron chi connectivity index (χ0n) is 33.4. The van der Waals surface area contributed by atoms with E-state index in [1.54, 1.807) is 60.4 Å². The summed E-state index contributed by atoms with van der Waals surface area (Å²) in [4.78, 5) is 29.1. The Balaban J connectivity index is 1.42. The molecule has 5 aromatic carbocycles. The van der Waals surface area contributed by atoms with Crippen molar-refractivity contribution in [3.05, 3.63) is 131 Å². The molecular weight excluding hydrogens is 833 g/mol. The van der Waals surface area contributed by atoms with Gasteiger partial charge in [0.15, 0.2) is 0 Å². The van der Waals surface area contributed by atoms with E-state index in [4.69, 9.17) is 14.2 Å². The maximum atomic E-state index is 14.5. The minimum Gasteiger partial charge on any atom is -0.497 e. The van der Waals surface area contributed by atoms with Crippen LogP contribution in [0.1, 0.15) is 35.2 Å². The van der Waals surface area contributed by atoms with E-state index >= 15 is 0 Å². The molecular formula is C42H44N4O11S3. The van der Waals surface area contributed by atoms with Crippen molar-refractivity contribution in [2.75, 3.05) is 43.6 Å². The lowest BCUT2D eigenvalue weighted by Crippen LogP contribution is -2.43. The normalized spacial score (nSPS) is 13.2. The fourth-order valence-corrected chi connectivity index (χ4v) is 10.5. The van der Waals surface area contributed by atoms with Crippen LogP contribution in [0.25, 0.3) is 0 Å². The Morgan fingerprint density at radius 2 is 1.40 bits per heavy atom. The van der Waals surface area contributed by atoms with Crippen molar-refractivity contribution in [2.45, 2.75) is 47.4 Å². The van der Waals surface area contributed by atoms with Crippen molar-refractivity contribution in [1.82, 2.24) is 9.44 Å². The van der Waals surface area contributed by atoms with Gasteiger partial charge in [0.2, 0.25) is 0 Å². The average molecular weight is 877 g/mol. The van der Waals surface area contributed by atoms with Gasteiger partial charge in [-0.15, -0.1) is 0 Å². The van der Waals surface area contributed by atoms with Crippen molar-refractivity contribution < 1.29 is 49.1 Å². The number of aryl methyl sites for hydroxylation is 2. The molecule has 0 saturated carbocycles. The van der Waals surface area contributed by atoms with Crippen LogP contribution in [0.15, 0.2) is 124 Å². The van der Waals surface area contributed by atoms with Crippen molar-refractivity contribution in [3.8, 4) is 17.2 Å². The highest BCUT2D eigenvalue weighted by atomic mass is 32.2. The molecule has 0 aliphatic carbocycles. The zero-order valence-corrected chi connectivity index (χ0v) is 35.9. The molecule has 1 unspecified atom stereocenters. The molecule has 1 aliphatic heterocycles. The van der Waals surface area contributed by atoms with Crippen LogP contribution in [0.4, 0.5) is 11.4 Å². The number of hydrogen-bond donors (Lipinski definition) is 2. The van der Waals surface area contributed by atoms with Crippen LogP contribution in [-0.4, -0.2) is 71.5 Å². The maximum absolute atomic E-state index is 14.5. The number of nitrogens with zero attached hydrogens (tertiary/aromatic N) is 2. The van der Waals surface area contributed by atoms with Gasteiger partial charge in [-0.1, -0.05) is 43.3 Å². The molecule has 60 heavy (non-hydrogen) atoms. The van der Waals surface area contributed by atoms with Gasteiger partial charge in [0.25, 0.3) is 41.9 Å². The number of rotatable bonds is 16. The Kier molecular flexibility index (Phi) is 12.8. The van der Waals surface area contributed by atoms with Crippen LogP contribution in [0.2, 0.25) is 0 Å². The number of fused-ring (bicyclic) bond motifs is 1. The van der Waals surface area contributed by atoms with Crippen LogP contribution in [0.5, 0.6) is 17.2 Å². The smallest absolute Gasteiger partial charge is 0.267 e. The van der Waals surface area contributed by atoms with Crippen molar-refractivity contribution in [3.63, 3.8) is 0 Å². The minimum atomic E-state index is -4.59. The number of amides is 2. The largest absolute Gasteiger partial charge is 0.497 e. The Morgan fingerprint density at radius 1 is 0.733 bits per heavy atom. The second-order valence-electron chi connectivity index (χ2n) is 13.7. The Hall–Kier alpha value is -6.11. The molecule has 1 atom stereocenters. The summed E-state index contributed by atoms with van der Waals surface area (Å²) in [6.45, 7) is 2.82. The van der Waals surface area contributed by atoms with Crippen LogP contribution in [0.3, 0.4) is 0 Å². The molecule has 2 amide bonds. The van der Waals surface area contributed by atoms with Gasteiger partial charge in [0.1, 0.15) is 34.7 Å². The third kappa shape index (κ3) is 9.05. The number of anilines is 2. The summed E-state index contributed by atoms with van der Waals surface area (Å²) >= 11 is 0. The first-order valence-corrected chi connectivity index (χ1v) is 23.0. The van der Waals surface area contributed by atoms with Crippen LogP contribution in [0, 0.1) is 6.92 Å². The number of methoxy groups -OCH3 is 3. The SMILES string of the molecule is CCc1ccc(S(=O)(=O)NC(=O)CN(c2cccc3c2CCN3C(C(=O)NS(=O)(=O)c2ccc(C)cc2OC)c2cccc(OC)c2)S(=O)(=O)c2ccc(OC)cc2)cc1. The van der Waals surface area contributed by atoms with Gasteiger partial charge >= 0.3 is 0 Å². The number of sulfonamides is 3. The highest BCUT2D eigenvalue weighted by Crippen LogP contribution is 2.42. The van der Waals surface area contributed by atoms with Gasteiger partial charge in [-0.25, -0.2) is 34.7 Å². The summed E-state index contributed by atoms with van der Waals surface area (Å²) < 4.78 is 104. The van der Waals surface area contributed by atoms with Crippen molar-refractivity contribution in [2.24, 2.45) is 0 Å². The minimum absolute atomic E-state index is 0.0347. The molecule has 0 saturated heterocycles. The number of ether oxygens (including phenoxy) is 3. The number of benzene rings is 5. The highest BCUT2D eigenvalue weighted by Gasteiger charge is 2.39.